The number of nitrogens with zero attached hydrogens (tertiary/aromatic N) is 1. The Hall–Kier alpha value is 0.310. The van der Waals surface area contributed by atoms with Gasteiger partial charge in [0.15, 0.2) is 0 Å². The molecule has 1 heterocycles. The molecule has 0 N–H and O–H groups in total. The van der Waals surface area contributed by atoms with Crippen LogP contribution in [0.1, 0.15) is 0 Å². The molecule has 0 aromatic carbocycles. The molecule has 1 saturated heterocycles. The second kappa shape index (κ2) is 2.74. The van der Waals surface area contributed by atoms with Gasteiger partial charge in [0.25, 0.3) is 0 Å². The van der Waals surface area contributed by atoms with E-state index in [1.807, 2.05) is 0 Å². The Morgan fingerprint density at radius 2 is 2.50 bits per heavy atom. The van der Waals surface area contributed by atoms with Crippen molar-refractivity contribution in [1.29, 1.82) is 0 Å². The van der Waals surface area contributed by atoms with Crippen LogP contribution in [0.5, 0.6) is 0 Å². The Kier molecular flexibility index (Phi) is 2.20. The van der Waals surface area contributed by atoms with Gasteiger partial charge >= 0.3 is 7.30 Å². The van der Waals surface area contributed by atoms with Crippen LogP contribution >= 0.6 is 18.5 Å². The molecule has 46 valence electrons. The molecular formula is C3H6ClNO2P+. The van der Waals surface area contributed by atoms with E-state index in [4.69, 9.17) is 16.0 Å². The third kappa shape index (κ3) is 1.39. The zero-order chi connectivity index (χ0) is 5.98. The molecular weight excluding hydrogens is 148 g/mol. The summed E-state index contributed by atoms with van der Waals surface area (Å²) >= 11 is 5.24. The second-order valence-electron chi connectivity index (χ2n) is 1.49. The van der Waals surface area contributed by atoms with E-state index >= 15 is 0 Å². The summed E-state index contributed by atoms with van der Waals surface area (Å²) in [5, 5.41) is 0. The van der Waals surface area contributed by atoms with Crippen molar-refractivity contribution in [3.63, 3.8) is 0 Å². The Balaban J connectivity index is 2.35. The maximum atomic E-state index is 10.4. The monoisotopic (exact) mass is 154 g/mol. The van der Waals surface area contributed by atoms with Crippen molar-refractivity contribution < 1.29 is 9.30 Å². The van der Waals surface area contributed by atoms with E-state index in [-0.39, 0.29) is 0 Å². The van der Waals surface area contributed by atoms with Crippen LogP contribution in [-0.2, 0) is 9.30 Å². The first-order valence-corrected chi connectivity index (χ1v) is 4.38. The minimum atomic E-state index is -1.67. The minimum Gasteiger partial charge on any atom is -0.361 e. The number of hydrogen-bond donors (Lipinski definition) is 0. The van der Waals surface area contributed by atoms with Crippen molar-refractivity contribution in [3.8, 4) is 0 Å². The highest BCUT2D eigenvalue weighted by Gasteiger charge is 2.29. The van der Waals surface area contributed by atoms with Gasteiger partial charge in [0.1, 0.15) is 6.73 Å². The molecule has 0 spiro atoms. The maximum absolute atomic E-state index is 10.4. The summed E-state index contributed by atoms with van der Waals surface area (Å²) in [7, 11) is -1.67. The first-order chi connectivity index (χ1) is 3.80. The smallest absolute Gasteiger partial charge is 0.361 e. The maximum Gasteiger partial charge on any atom is 0.558 e. The standard InChI is InChI=1S/C3H6ClNO2P/c4-8(6)5-1-2-7-3-5/h1-3H2/q+1. The van der Waals surface area contributed by atoms with E-state index in [9.17, 15) is 4.57 Å². The zero-order valence-corrected chi connectivity index (χ0v) is 5.86. The molecule has 0 bridgehead atoms. The van der Waals surface area contributed by atoms with E-state index in [0.717, 1.165) is 0 Å². The summed E-state index contributed by atoms with van der Waals surface area (Å²) < 4.78 is 16.9. The van der Waals surface area contributed by atoms with E-state index in [1.54, 1.807) is 4.67 Å². The van der Waals surface area contributed by atoms with Gasteiger partial charge in [-0.1, -0.05) is 4.67 Å². The topological polar surface area (TPSA) is 29.5 Å². The van der Waals surface area contributed by atoms with Crippen molar-refractivity contribution in [2.75, 3.05) is 19.9 Å². The average Bonchev–Trinajstić information content (AvgIpc) is 2.12. The van der Waals surface area contributed by atoms with Crippen LogP contribution in [0.3, 0.4) is 0 Å². The SMILES string of the molecule is O=[P+](Cl)N1CCOC1. The van der Waals surface area contributed by atoms with Gasteiger partial charge in [0.2, 0.25) is 11.2 Å². The molecule has 1 unspecified atom stereocenters. The predicted molar refractivity (Wildman–Crippen MR) is 31.0 cm³/mol. The lowest BCUT2D eigenvalue weighted by Gasteiger charge is -1.88. The van der Waals surface area contributed by atoms with Crippen molar-refractivity contribution in [2.24, 2.45) is 0 Å². The fraction of sp³-hybridized carbons (Fsp3) is 1.00. The molecule has 0 aromatic rings. The van der Waals surface area contributed by atoms with Gasteiger partial charge in [-0.05, 0) is 4.57 Å². The van der Waals surface area contributed by atoms with Crippen LogP contribution in [0, 0.1) is 0 Å². The van der Waals surface area contributed by atoms with Crippen LogP contribution in [0.15, 0.2) is 0 Å². The highest BCUT2D eigenvalue weighted by atomic mass is 35.7. The fourth-order valence-electron chi connectivity index (χ4n) is 0.528. The molecule has 0 radical (unpaired) electrons. The Morgan fingerprint density at radius 1 is 1.75 bits per heavy atom. The lowest BCUT2D eigenvalue weighted by molar-refractivity contribution is 0.173. The Morgan fingerprint density at radius 3 is 2.75 bits per heavy atom. The third-order valence-corrected chi connectivity index (χ3v) is 2.36. The predicted octanol–water partition coefficient (Wildman–Crippen LogP) is 1.17. The molecule has 8 heavy (non-hydrogen) atoms. The summed E-state index contributed by atoms with van der Waals surface area (Å²) in [5.41, 5.74) is 0. The quantitative estimate of drug-likeness (QED) is 0.531. The molecule has 0 aromatic heterocycles. The van der Waals surface area contributed by atoms with Gasteiger partial charge in [0, 0.05) is 0 Å². The minimum absolute atomic E-state index is 0.415. The molecule has 5 heteroatoms. The molecule has 1 rings (SSSR count). The molecule has 1 atom stereocenters. The van der Waals surface area contributed by atoms with Gasteiger partial charge in [-0.25, -0.2) is 0 Å². The lowest BCUT2D eigenvalue weighted by Crippen LogP contribution is -2.07. The van der Waals surface area contributed by atoms with Gasteiger partial charge in [0.05, 0.1) is 13.2 Å². The van der Waals surface area contributed by atoms with E-state index in [0.29, 0.717) is 19.9 Å². The summed E-state index contributed by atoms with van der Waals surface area (Å²) in [6.45, 7) is 1.76. The summed E-state index contributed by atoms with van der Waals surface area (Å²) in [5.74, 6) is 0. The Bertz CT molecular complexity index is 103. The zero-order valence-electron chi connectivity index (χ0n) is 4.21. The van der Waals surface area contributed by atoms with Crippen LogP contribution in [-0.4, -0.2) is 24.6 Å². The lowest BCUT2D eigenvalue weighted by atomic mass is 10.7. The number of hydrogen-bond acceptors (Lipinski definition) is 2. The molecule has 3 nitrogen and oxygen atoms in total. The molecule has 0 aliphatic carbocycles. The highest BCUT2D eigenvalue weighted by molar-refractivity contribution is 7.71. The molecule has 1 aliphatic heterocycles. The van der Waals surface area contributed by atoms with Crippen LogP contribution in [0.25, 0.3) is 0 Å². The van der Waals surface area contributed by atoms with Gasteiger partial charge < -0.3 is 4.74 Å². The second-order valence-corrected chi connectivity index (χ2v) is 3.38. The van der Waals surface area contributed by atoms with Crippen molar-refractivity contribution >= 4 is 18.5 Å². The Labute approximate surface area is 53.2 Å². The largest absolute Gasteiger partial charge is 0.558 e. The summed E-state index contributed by atoms with van der Waals surface area (Å²) in [6.07, 6.45) is 0. The molecule has 0 saturated carbocycles. The van der Waals surface area contributed by atoms with Crippen LogP contribution < -0.4 is 0 Å². The normalized spacial score (nSPS) is 23.9. The first-order valence-electron chi connectivity index (χ1n) is 2.26. The van der Waals surface area contributed by atoms with E-state index in [1.165, 1.54) is 0 Å². The van der Waals surface area contributed by atoms with E-state index < -0.39 is 7.30 Å². The molecule has 1 fully saturated rings. The van der Waals surface area contributed by atoms with Gasteiger partial charge in [-0.3, -0.25) is 0 Å². The van der Waals surface area contributed by atoms with Crippen LogP contribution in [0.2, 0.25) is 0 Å². The third-order valence-electron chi connectivity index (χ3n) is 0.956. The first kappa shape index (κ1) is 6.43. The van der Waals surface area contributed by atoms with Crippen LogP contribution in [0.4, 0.5) is 0 Å². The van der Waals surface area contributed by atoms with E-state index in [2.05, 4.69) is 0 Å². The summed E-state index contributed by atoms with van der Waals surface area (Å²) in [6, 6.07) is 0. The molecule has 0 amide bonds. The molecule has 1 aliphatic rings. The van der Waals surface area contributed by atoms with Gasteiger partial charge in [-0.15, -0.1) is 0 Å². The number of ether oxygens (including phenoxy) is 1. The van der Waals surface area contributed by atoms with Gasteiger partial charge in [-0.2, -0.15) is 0 Å². The van der Waals surface area contributed by atoms with Crippen molar-refractivity contribution in [3.05, 3.63) is 0 Å². The van der Waals surface area contributed by atoms with Crippen molar-refractivity contribution in [1.82, 2.24) is 4.67 Å². The number of rotatable bonds is 1. The average molecular weight is 155 g/mol. The van der Waals surface area contributed by atoms with Crippen molar-refractivity contribution in [2.45, 2.75) is 0 Å². The highest BCUT2D eigenvalue weighted by Crippen LogP contribution is 2.33. The summed E-state index contributed by atoms with van der Waals surface area (Å²) in [4.78, 5) is 0. The fourth-order valence-corrected chi connectivity index (χ4v) is 1.30. The number of halogens is 1.